The fourth-order valence-electron chi connectivity index (χ4n) is 4.35. The summed E-state index contributed by atoms with van der Waals surface area (Å²) in [5, 5.41) is 3.54. The molecule has 0 N–H and O–H groups in total. The zero-order chi connectivity index (χ0) is 25.3. The first-order valence-corrected chi connectivity index (χ1v) is 13.8. The van der Waals surface area contributed by atoms with E-state index in [2.05, 4.69) is 0 Å². The van der Waals surface area contributed by atoms with Crippen LogP contribution in [0.5, 0.6) is 5.75 Å². The topological polar surface area (TPSA) is 84.0 Å². The molecule has 1 aliphatic heterocycles. The Balaban J connectivity index is 1.52. The van der Waals surface area contributed by atoms with Crippen molar-refractivity contribution in [3.8, 4) is 5.75 Å². The van der Waals surface area contributed by atoms with Crippen LogP contribution in [-0.2, 0) is 26.2 Å². The SMILES string of the molecule is CCOc1ccc(N2C(=O)CC(N(Cc3cccs3)S(=O)(=O)c3ccc4ccccc4c3)C2=O)cc1. The molecule has 2 heterocycles. The molecule has 1 atom stereocenters. The first kappa shape index (κ1) is 24.2. The summed E-state index contributed by atoms with van der Waals surface area (Å²) in [6.07, 6.45) is -0.232. The number of sulfonamides is 1. The molecule has 0 bridgehead atoms. The third-order valence-corrected chi connectivity index (χ3v) is 8.81. The Kier molecular flexibility index (Phi) is 6.61. The smallest absolute Gasteiger partial charge is 0.252 e. The molecule has 4 aromatic rings. The summed E-state index contributed by atoms with van der Waals surface area (Å²) in [7, 11) is -4.11. The first-order valence-electron chi connectivity index (χ1n) is 11.5. The monoisotopic (exact) mass is 520 g/mol. The lowest BCUT2D eigenvalue weighted by Gasteiger charge is -2.26. The molecule has 5 rings (SSSR count). The lowest BCUT2D eigenvalue weighted by atomic mass is 10.1. The van der Waals surface area contributed by atoms with Crippen molar-refractivity contribution in [3.05, 3.63) is 89.1 Å². The number of thiophene rings is 1. The molecule has 0 saturated carbocycles. The molecule has 36 heavy (non-hydrogen) atoms. The Morgan fingerprint density at radius 2 is 1.72 bits per heavy atom. The average Bonchev–Trinajstić information content (AvgIpc) is 3.50. The van der Waals surface area contributed by atoms with Gasteiger partial charge in [-0.15, -0.1) is 11.3 Å². The van der Waals surface area contributed by atoms with Gasteiger partial charge in [-0.2, -0.15) is 4.31 Å². The van der Waals surface area contributed by atoms with Gasteiger partial charge in [0.1, 0.15) is 11.8 Å². The van der Waals surface area contributed by atoms with E-state index in [-0.39, 0.29) is 17.9 Å². The molecule has 0 radical (unpaired) electrons. The van der Waals surface area contributed by atoms with Crippen LogP contribution in [0.1, 0.15) is 18.2 Å². The lowest BCUT2D eigenvalue weighted by Crippen LogP contribution is -2.44. The Morgan fingerprint density at radius 3 is 2.42 bits per heavy atom. The summed E-state index contributed by atoms with van der Waals surface area (Å²) in [6, 6.07) is 21.5. The molecular formula is C27H24N2O5S2. The molecule has 1 aliphatic rings. The molecule has 0 aliphatic carbocycles. The maximum absolute atomic E-state index is 13.9. The fraction of sp³-hybridized carbons (Fsp3) is 0.185. The second-order valence-corrected chi connectivity index (χ2v) is 11.3. The van der Waals surface area contributed by atoms with Crippen LogP contribution < -0.4 is 9.64 Å². The third-order valence-electron chi connectivity index (χ3n) is 6.10. The van der Waals surface area contributed by atoms with Crippen molar-refractivity contribution in [1.29, 1.82) is 0 Å². The van der Waals surface area contributed by atoms with Gasteiger partial charge in [0.25, 0.3) is 5.91 Å². The van der Waals surface area contributed by atoms with Crippen LogP contribution in [0.2, 0.25) is 0 Å². The maximum atomic E-state index is 13.9. The number of imide groups is 1. The number of benzene rings is 3. The minimum atomic E-state index is -4.11. The Morgan fingerprint density at radius 1 is 0.972 bits per heavy atom. The largest absolute Gasteiger partial charge is 0.494 e. The van der Waals surface area contributed by atoms with Crippen molar-refractivity contribution in [2.45, 2.75) is 30.8 Å². The number of rotatable bonds is 8. The van der Waals surface area contributed by atoms with Gasteiger partial charge in [0.05, 0.1) is 23.6 Å². The predicted octanol–water partition coefficient (Wildman–Crippen LogP) is 4.82. The minimum Gasteiger partial charge on any atom is -0.494 e. The normalized spacial score (nSPS) is 16.3. The highest BCUT2D eigenvalue weighted by Gasteiger charge is 2.47. The van der Waals surface area contributed by atoms with E-state index in [0.29, 0.717) is 18.0 Å². The number of carbonyl (C=O) groups excluding carboxylic acids is 2. The van der Waals surface area contributed by atoms with Gasteiger partial charge in [-0.1, -0.05) is 36.4 Å². The number of hydrogen-bond acceptors (Lipinski definition) is 6. The van der Waals surface area contributed by atoms with Gasteiger partial charge >= 0.3 is 0 Å². The van der Waals surface area contributed by atoms with Crippen molar-refractivity contribution in [3.63, 3.8) is 0 Å². The van der Waals surface area contributed by atoms with E-state index < -0.39 is 27.9 Å². The second-order valence-electron chi connectivity index (χ2n) is 8.35. The van der Waals surface area contributed by atoms with E-state index in [9.17, 15) is 18.0 Å². The van der Waals surface area contributed by atoms with Crippen molar-refractivity contribution in [2.24, 2.45) is 0 Å². The highest BCUT2D eigenvalue weighted by atomic mass is 32.2. The molecule has 2 amide bonds. The van der Waals surface area contributed by atoms with Gasteiger partial charge in [-0.05, 0) is 65.5 Å². The fourth-order valence-corrected chi connectivity index (χ4v) is 6.73. The van der Waals surface area contributed by atoms with Crippen LogP contribution in [0.3, 0.4) is 0 Å². The lowest BCUT2D eigenvalue weighted by molar-refractivity contribution is -0.122. The van der Waals surface area contributed by atoms with Gasteiger partial charge in [0, 0.05) is 11.4 Å². The molecule has 1 saturated heterocycles. The van der Waals surface area contributed by atoms with Crippen LogP contribution in [-0.4, -0.2) is 37.2 Å². The zero-order valence-corrected chi connectivity index (χ0v) is 21.2. The Bertz CT molecular complexity index is 1520. The van der Waals surface area contributed by atoms with Crippen LogP contribution in [0.15, 0.2) is 89.1 Å². The van der Waals surface area contributed by atoms with Crippen molar-refractivity contribution < 1.29 is 22.7 Å². The summed E-state index contributed by atoms with van der Waals surface area (Å²) in [6.45, 7) is 2.35. The molecule has 3 aromatic carbocycles. The number of carbonyl (C=O) groups is 2. The number of amides is 2. The van der Waals surface area contributed by atoms with Gasteiger partial charge in [0.15, 0.2) is 0 Å². The summed E-state index contributed by atoms with van der Waals surface area (Å²) in [5.74, 6) is -0.390. The van der Waals surface area contributed by atoms with Gasteiger partial charge in [0.2, 0.25) is 15.9 Å². The van der Waals surface area contributed by atoms with E-state index >= 15 is 0 Å². The number of hydrogen-bond donors (Lipinski definition) is 0. The third kappa shape index (κ3) is 4.53. The van der Waals surface area contributed by atoms with Crippen molar-refractivity contribution in [2.75, 3.05) is 11.5 Å². The number of ether oxygens (including phenoxy) is 1. The van der Waals surface area contributed by atoms with Crippen LogP contribution in [0.4, 0.5) is 5.69 Å². The Hall–Kier alpha value is -3.53. The van der Waals surface area contributed by atoms with Crippen molar-refractivity contribution >= 4 is 49.6 Å². The molecule has 1 fully saturated rings. The van der Waals surface area contributed by atoms with E-state index in [1.54, 1.807) is 42.5 Å². The number of nitrogens with zero attached hydrogens (tertiary/aromatic N) is 2. The van der Waals surface area contributed by atoms with E-state index in [0.717, 1.165) is 24.9 Å². The Labute approximate surface area is 213 Å². The predicted molar refractivity (Wildman–Crippen MR) is 140 cm³/mol. The van der Waals surface area contributed by atoms with Gasteiger partial charge < -0.3 is 4.74 Å². The van der Waals surface area contributed by atoms with Gasteiger partial charge in [-0.25, -0.2) is 13.3 Å². The summed E-state index contributed by atoms with van der Waals surface area (Å²) in [5.41, 5.74) is 0.384. The van der Waals surface area contributed by atoms with Crippen LogP contribution in [0.25, 0.3) is 10.8 Å². The molecule has 9 heteroatoms. The summed E-state index contributed by atoms with van der Waals surface area (Å²) < 4.78 is 34.5. The zero-order valence-electron chi connectivity index (χ0n) is 19.5. The van der Waals surface area contributed by atoms with Crippen LogP contribution >= 0.6 is 11.3 Å². The summed E-state index contributed by atoms with van der Waals surface area (Å²) >= 11 is 1.40. The van der Waals surface area contributed by atoms with Gasteiger partial charge in [-0.3, -0.25) is 9.59 Å². The molecule has 184 valence electrons. The second kappa shape index (κ2) is 9.85. The van der Waals surface area contributed by atoms with E-state index in [1.807, 2.05) is 48.7 Å². The number of anilines is 1. The molecule has 0 spiro atoms. The first-order chi connectivity index (χ1) is 17.4. The summed E-state index contributed by atoms with van der Waals surface area (Å²) in [4.78, 5) is 28.5. The van der Waals surface area contributed by atoms with Crippen molar-refractivity contribution in [1.82, 2.24) is 4.31 Å². The van der Waals surface area contributed by atoms with Crippen LogP contribution in [0, 0.1) is 0 Å². The highest BCUT2D eigenvalue weighted by molar-refractivity contribution is 7.89. The molecular weight excluding hydrogens is 496 g/mol. The maximum Gasteiger partial charge on any atom is 0.252 e. The number of fused-ring (bicyclic) bond motifs is 1. The molecule has 7 nitrogen and oxygen atoms in total. The highest BCUT2D eigenvalue weighted by Crippen LogP contribution is 2.32. The average molecular weight is 521 g/mol. The standard InChI is InChI=1S/C27H24N2O5S2/c1-2-34-22-12-10-21(11-13-22)29-26(30)17-25(27(29)31)28(18-23-8-5-15-35-23)36(32,33)24-14-9-19-6-3-4-7-20(19)16-24/h3-16,25H,2,17-18H2,1H3. The minimum absolute atomic E-state index is 0.00632. The van der Waals surface area contributed by atoms with E-state index in [4.69, 9.17) is 4.74 Å². The van der Waals surface area contributed by atoms with E-state index in [1.165, 1.54) is 11.3 Å². The molecule has 1 unspecified atom stereocenters. The molecule has 1 aromatic heterocycles. The quantitative estimate of drug-likeness (QED) is 0.311.